The monoisotopic (exact) mass is 320 g/mol. The van der Waals surface area contributed by atoms with Crippen molar-refractivity contribution < 1.29 is 9.59 Å². The first-order chi connectivity index (χ1) is 11.7. The fourth-order valence-electron chi connectivity index (χ4n) is 2.01. The van der Waals surface area contributed by atoms with Gasteiger partial charge in [-0.3, -0.25) is 14.6 Å². The van der Waals surface area contributed by atoms with Gasteiger partial charge in [-0.05, 0) is 42.0 Å². The van der Waals surface area contributed by atoms with E-state index >= 15 is 0 Å². The van der Waals surface area contributed by atoms with E-state index in [1.54, 1.807) is 48.8 Å². The second kappa shape index (κ2) is 8.19. The van der Waals surface area contributed by atoms with Crippen molar-refractivity contribution in [2.45, 2.75) is 0 Å². The van der Waals surface area contributed by atoms with Gasteiger partial charge < -0.3 is 16.5 Å². The van der Waals surface area contributed by atoms with E-state index in [-0.39, 0.29) is 5.91 Å². The average molecular weight is 320 g/mol. The van der Waals surface area contributed by atoms with Crippen molar-refractivity contribution in [3.05, 3.63) is 71.7 Å². The van der Waals surface area contributed by atoms with Crippen LogP contribution in [0.1, 0.15) is 21.5 Å². The second-order valence-corrected chi connectivity index (χ2v) is 4.79. The maximum Gasteiger partial charge on any atom is 0.248 e. The van der Waals surface area contributed by atoms with Gasteiger partial charge in [-0.2, -0.15) is 0 Å². The molecule has 0 unspecified atom stereocenters. The predicted molar refractivity (Wildman–Crippen MR) is 94.7 cm³/mol. The summed E-state index contributed by atoms with van der Waals surface area (Å²) in [5.41, 5.74) is 8.54. The van der Waals surface area contributed by atoms with Crippen molar-refractivity contribution in [2.75, 3.05) is 5.32 Å². The smallest absolute Gasteiger partial charge is 0.248 e. The van der Waals surface area contributed by atoms with E-state index in [2.05, 4.69) is 10.3 Å². The molecule has 0 saturated heterocycles. The quantitative estimate of drug-likeness (QED) is 0.431. The third kappa shape index (κ3) is 4.23. The Kier molecular flexibility index (Phi) is 5.74. The van der Waals surface area contributed by atoms with Gasteiger partial charge in [-0.1, -0.05) is 0 Å². The highest BCUT2D eigenvalue weighted by Gasteiger charge is 2.04. The molecule has 0 aliphatic rings. The maximum absolute atomic E-state index is 12.0. The summed E-state index contributed by atoms with van der Waals surface area (Å²) in [4.78, 5) is 26.6. The first-order valence-electron chi connectivity index (χ1n) is 7.09. The topological polar surface area (TPSA) is 109 Å². The number of hydrogen-bond donors (Lipinski definition) is 3. The van der Waals surface area contributed by atoms with Gasteiger partial charge in [-0.15, -0.1) is 0 Å². The van der Waals surface area contributed by atoms with Crippen molar-refractivity contribution in [3.63, 3.8) is 0 Å². The van der Waals surface area contributed by atoms with Crippen molar-refractivity contribution in [1.82, 2.24) is 4.98 Å². The van der Waals surface area contributed by atoms with Gasteiger partial charge in [0.05, 0.1) is 0 Å². The summed E-state index contributed by atoms with van der Waals surface area (Å²) in [6, 6.07) is 8.26. The SMILES string of the molecule is N=C/C(=C\N)c1ccncc1/C=C/C(=O)Nc1ccc(C=O)cc1. The van der Waals surface area contributed by atoms with Crippen molar-refractivity contribution in [1.29, 1.82) is 5.41 Å². The molecule has 1 aromatic heterocycles. The number of hydrogen-bond acceptors (Lipinski definition) is 5. The number of aromatic nitrogens is 1. The molecule has 2 rings (SSSR count). The lowest BCUT2D eigenvalue weighted by molar-refractivity contribution is -0.111. The zero-order valence-electron chi connectivity index (χ0n) is 12.8. The van der Waals surface area contributed by atoms with Crippen LogP contribution in [-0.4, -0.2) is 23.4 Å². The molecule has 24 heavy (non-hydrogen) atoms. The number of aldehydes is 1. The largest absolute Gasteiger partial charge is 0.404 e. The Morgan fingerprint density at radius 2 is 1.96 bits per heavy atom. The number of carbonyl (C=O) groups excluding carboxylic acids is 2. The molecule has 0 aliphatic carbocycles. The summed E-state index contributed by atoms with van der Waals surface area (Å²) >= 11 is 0. The maximum atomic E-state index is 12.0. The number of nitrogens with one attached hydrogen (secondary N) is 2. The molecule has 0 aliphatic heterocycles. The molecule has 6 heteroatoms. The summed E-state index contributed by atoms with van der Waals surface area (Å²) in [5, 5.41) is 10.1. The first kappa shape index (κ1) is 16.8. The van der Waals surface area contributed by atoms with Gasteiger partial charge >= 0.3 is 0 Å². The number of carbonyl (C=O) groups is 2. The van der Waals surface area contributed by atoms with Gasteiger partial charge in [0.15, 0.2) is 0 Å². The Labute approximate surface area is 139 Å². The molecule has 1 heterocycles. The molecule has 0 spiro atoms. The highest BCUT2D eigenvalue weighted by molar-refractivity contribution is 6.10. The fourth-order valence-corrected chi connectivity index (χ4v) is 2.01. The molecule has 2 aromatic rings. The van der Waals surface area contributed by atoms with Crippen molar-refractivity contribution >= 4 is 35.7 Å². The molecule has 0 fully saturated rings. The predicted octanol–water partition coefficient (Wildman–Crippen LogP) is 2.50. The fraction of sp³-hybridized carbons (Fsp3) is 0. The van der Waals surface area contributed by atoms with E-state index in [0.29, 0.717) is 28.0 Å². The third-order valence-corrected chi connectivity index (χ3v) is 3.23. The summed E-state index contributed by atoms with van der Waals surface area (Å²) in [6.07, 6.45) is 9.35. The van der Waals surface area contributed by atoms with E-state index in [4.69, 9.17) is 11.1 Å². The van der Waals surface area contributed by atoms with Crippen LogP contribution >= 0.6 is 0 Å². The molecular weight excluding hydrogens is 304 g/mol. The number of allylic oxidation sites excluding steroid dienone is 1. The highest BCUT2D eigenvalue weighted by atomic mass is 16.1. The van der Waals surface area contributed by atoms with E-state index in [1.165, 1.54) is 12.3 Å². The molecule has 0 bridgehead atoms. The van der Waals surface area contributed by atoms with E-state index in [0.717, 1.165) is 12.5 Å². The van der Waals surface area contributed by atoms with Crippen LogP contribution in [0.25, 0.3) is 11.6 Å². The Morgan fingerprint density at radius 1 is 1.21 bits per heavy atom. The second-order valence-electron chi connectivity index (χ2n) is 4.79. The lowest BCUT2D eigenvalue weighted by atomic mass is 10.0. The molecule has 1 aromatic carbocycles. The minimum atomic E-state index is -0.322. The minimum Gasteiger partial charge on any atom is -0.404 e. The minimum absolute atomic E-state index is 0.322. The molecule has 0 radical (unpaired) electrons. The molecule has 6 nitrogen and oxygen atoms in total. The number of anilines is 1. The van der Waals surface area contributed by atoms with Gasteiger partial charge in [0.25, 0.3) is 0 Å². The van der Waals surface area contributed by atoms with E-state index in [1.807, 2.05) is 0 Å². The van der Waals surface area contributed by atoms with Crippen LogP contribution in [0, 0.1) is 5.41 Å². The number of amides is 1. The Hall–Kier alpha value is -3.54. The molecule has 1 amide bonds. The summed E-state index contributed by atoms with van der Waals surface area (Å²) in [7, 11) is 0. The number of rotatable bonds is 6. The molecule has 0 atom stereocenters. The summed E-state index contributed by atoms with van der Waals surface area (Å²) in [5.74, 6) is -0.322. The third-order valence-electron chi connectivity index (χ3n) is 3.23. The van der Waals surface area contributed by atoms with Crippen LogP contribution in [0.5, 0.6) is 0 Å². The number of benzene rings is 1. The zero-order valence-corrected chi connectivity index (χ0v) is 12.8. The van der Waals surface area contributed by atoms with Crippen LogP contribution in [0.15, 0.2) is 55.0 Å². The van der Waals surface area contributed by atoms with Gasteiger partial charge in [0, 0.05) is 53.3 Å². The number of pyridine rings is 1. The van der Waals surface area contributed by atoms with Gasteiger partial charge in [-0.25, -0.2) is 0 Å². The Balaban J connectivity index is 2.14. The molecular formula is C18H16N4O2. The lowest BCUT2D eigenvalue weighted by Crippen LogP contribution is -2.07. The normalized spacial score (nSPS) is 11.2. The number of nitrogens with zero attached hydrogens (tertiary/aromatic N) is 1. The lowest BCUT2D eigenvalue weighted by Gasteiger charge is -2.05. The Bertz CT molecular complexity index is 808. The van der Waals surface area contributed by atoms with Crippen molar-refractivity contribution in [2.24, 2.45) is 5.73 Å². The summed E-state index contributed by atoms with van der Waals surface area (Å²) in [6.45, 7) is 0. The highest BCUT2D eigenvalue weighted by Crippen LogP contribution is 2.17. The Morgan fingerprint density at radius 3 is 2.58 bits per heavy atom. The first-order valence-corrected chi connectivity index (χ1v) is 7.09. The van der Waals surface area contributed by atoms with Crippen molar-refractivity contribution in [3.8, 4) is 0 Å². The average Bonchev–Trinajstić information content (AvgIpc) is 2.62. The molecule has 0 saturated carbocycles. The standard InChI is InChI=1S/C18H16N4O2/c19-9-15(10-20)17-7-8-21-11-14(17)3-6-18(24)22-16-4-1-13(12-23)2-5-16/h1-12,19H,20H2,(H,22,24)/b6-3+,15-10+,19-9?. The van der Waals surface area contributed by atoms with Crippen LogP contribution in [0.4, 0.5) is 5.69 Å². The summed E-state index contributed by atoms with van der Waals surface area (Å²) < 4.78 is 0. The van der Waals surface area contributed by atoms with Gasteiger partial charge in [0.1, 0.15) is 6.29 Å². The van der Waals surface area contributed by atoms with Crippen LogP contribution < -0.4 is 11.1 Å². The van der Waals surface area contributed by atoms with Crippen LogP contribution in [0.3, 0.4) is 0 Å². The number of nitrogens with two attached hydrogens (primary N) is 1. The van der Waals surface area contributed by atoms with E-state index in [9.17, 15) is 9.59 Å². The molecule has 120 valence electrons. The zero-order chi connectivity index (χ0) is 17.4. The van der Waals surface area contributed by atoms with E-state index < -0.39 is 0 Å². The van der Waals surface area contributed by atoms with Gasteiger partial charge in [0.2, 0.25) is 5.91 Å². The van der Waals surface area contributed by atoms with Crippen LogP contribution in [-0.2, 0) is 4.79 Å². The van der Waals surface area contributed by atoms with Crippen LogP contribution in [0.2, 0.25) is 0 Å². The molecule has 4 N–H and O–H groups in total.